The van der Waals surface area contributed by atoms with Gasteiger partial charge in [0.2, 0.25) is 0 Å². The van der Waals surface area contributed by atoms with Crippen LogP contribution < -0.4 is 5.32 Å². The summed E-state index contributed by atoms with van der Waals surface area (Å²) < 4.78 is 0. The molecule has 0 amide bonds. The highest BCUT2D eigenvalue weighted by Crippen LogP contribution is 2.36. The van der Waals surface area contributed by atoms with Gasteiger partial charge in [-0.1, -0.05) is 32.8 Å². The molecule has 1 aromatic rings. The summed E-state index contributed by atoms with van der Waals surface area (Å²) in [6.07, 6.45) is 4.39. The molecule has 0 heterocycles. The van der Waals surface area contributed by atoms with Crippen LogP contribution in [0.2, 0.25) is 0 Å². The topological polar surface area (TPSA) is 55.2 Å². The third-order valence-electron chi connectivity index (χ3n) is 2.75. The van der Waals surface area contributed by atoms with E-state index >= 15 is 0 Å². The lowest BCUT2D eigenvalue weighted by Gasteiger charge is -2.09. The molecule has 0 unspecified atom stereocenters. The first-order chi connectivity index (χ1) is 9.20. The van der Waals surface area contributed by atoms with Gasteiger partial charge in [-0.15, -0.1) is 11.8 Å². The SMILES string of the molecule is CCCCCSc1cccc(NCCC)c1[N+](=O)[O-]. The van der Waals surface area contributed by atoms with Crippen LogP contribution in [0.5, 0.6) is 0 Å². The highest BCUT2D eigenvalue weighted by molar-refractivity contribution is 7.99. The van der Waals surface area contributed by atoms with Crippen molar-refractivity contribution in [1.29, 1.82) is 0 Å². The van der Waals surface area contributed by atoms with Crippen LogP contribution in [0.25, 0.3) is 0 Å². The molecule has 0 radical (unpaired) electrons. The van der Waals surface area contributed by atoms with E-state index in [0.717, 1.165) is 30.0 Å². The minimum atomic E-state index is -0.278. The van der Waals surface area contributed by atoms with Crippen molar-refractivity contribution in [3.05, 3.63) is 28.3 Å². The monoisotopic (exact) mass is 282 g/mol. The number of unbranched alkanes of at least 4 members (excludes halogenated alkanes) is 2. The predicted octanol–water partition coefficient (Wildman–Crippen LogP) is 4.70. The van der Waals surface area contributed by atoms with Gasteiger partial charge in [-0.2, -0.15) is 0 Å². The first-order valence-corrected chi connectivity index (χ1v) is 7.83. The zero-order valence-corrected chi connectivity index (χ0v) is 12.5. The van der Waals surface area contributed by atoms with Crippen molar-refractivity contribution >= 4 is 23.1 Å². The number of anilines is 1. The molecular weight excluding hydrogens is 260 g/mol. The molecule has 1 rings (SSSR count). The number of thioether (sulfide) groups is 1. The Bertz CT molecular complexity index is 410. The van der Waals surface area contributed by atoms with Gasteiger partial charge >= 0.3 is 5.69 Å². The van der Waals surface area contributed by atoms with Crippen LogP contribution in [0.1, 0.15) is 39.5 Å². The number of para-hydroxylation sites is 1. The summed E-state index contributed by atoms with van der Waals surface area (Å²) in [4.78, 5) is 11.7. The molecule has 19 heavy (non-hydrogen) atoms. The Labute approximate surface area is 119 Å². The van der Waals surface area contributed by atoms with Crippen LogP contribution in [-0.2, 0) is 0 Å². The number of rotatable bonds is 9. The lowest BCUT2D eigenvalue weighted by atomic mass is 10.2. The molecule has 0 bridgehead atoms. The van der Waals surface area contributed by atoms with Crippen LogP contribution in [0, 0.1) is 10.1 Å². The molecule has 0 fully saturated rings. The summed E-state index contributed by atoms with van der Waals surface area (Å²) in [7, 11) is 0. The fourth-order valence-electron chi connectivity index (χ4n) is 1.76. The standard InChI is InChI=1S/C14H22N2O2S/c1-3-5-6-11-19-13-9-7-8-12(15-10-4-2)14(13)16(17)18/h7-9,15H,3-6,10-11H2,1-2H3. The molecule has 1 N–H and O–H groups in total. The molecule has 1 aromatic carbocycles. The minimum Gasteiger partial charge on any atom is -0.379 e. The van der Waals surface area contributed by atoms with Crippen LogP contribution >= 0.6 is 11.8 Å². The maximum atomic E-state index is 11.2. The summed E-state index contributed by atoms with van der Waals surface area (Å²) in [5.41, 5.74) is 0.852. The fourth-order valence-corrected chi connectivity index (χ4v) is 2.83. The molecule has 0 aromatic heterocycles. The molecule has 106 valence electrons. The van der Waals surface area contributed by atoms with Gasteiger partial charge < -0.3 is 5.32 Å². The summed E-state index contributed by atoms with van der Waals surface area (Å²) in [6.45, 7) is 4.95. The number of hydrogen-bond acceptors (Lipinski definition) is 4. The lowest BCUT2D eigenvalue weighted by Crippen LogP contribution is -2.04. The number of nitro benzene ring substituents is 1. The Kier molecular flexibility index (Phi) is 7.33. The molecule has 5 heteroatoms. The van der Waals surface area contributed by atoms with Gasteiger partial charge in [0.05, 0.1) is 9.82 Å². The van der Waals surface area contributed by atoms with Crippen molar-refractivity contribution in [2.24, 2.45) is 0 Å². The Morgan fingerprint density at radius 3 is 2.68 bits per heavy atom. The van der Waals surface area contributed by atoms with E-state index in [4.69, 9.17) is 0 Å². The van der Waals surface area contributed by atoms with Crippen molar-refractivity contribution < 1.29 is 4.92 Å². The minimum absolute atomic E-state index is 0.220. The Morgan fingerprint density at radius 2 is 2.05 bits per heavy atom. The molecule has 0 saturated carbocycles. The van der Waals surface area contributed by atoms with E-state index in [1.165, 1.54) is 12.8 Å². The molecule has 0 aliphatic carbocycles. The first kappa shape index (κ1) is 15.8. The quantitative estimate of drug-likeness (QED) is 0.309. The second kappa shape index (κ2) is 8.80. The van der Waals surface area contributed by atoms with Crippen molar-refractivity contribution in [1.82, 2.24) is 0 Å². The van der Waals surface area contributed by atoms with E-state index in [9.17, 15) is 10.1 Å². The van der Waals surface area contributed by atoms with Gasteiger partial charge in [-0.3, -0.25) is 10.1 Å². The third kappa shape index (κ3) is 5.11. The molecular formula is C14H22N2O2S. The zero-order valence-electron chi connectivity index (χ0n) is 11.6. The molecule has 0 saturated heterocycles. The Balaban J connectivity index is 2.80. The van der Waals surface area contributed by atoms with Gasteiger partial charge in [0.25, 0.3) is 0 Å². The van der Waals surface area contributed by atoms with Gasteiger partial charge in [0.1, 0.15) is 5.69 Å². The largest absolute Gasteiger partial charge is 0.379 e. The van der Waals surface area contributed by atoms with Gasteiger partial charge in [0.15, 0.2) is 0 Å². The number of nitrogens with one attached hydrogen (secondary N) is 1. The highest BCUT2D eigenvalue weighted by Gasteiger charge is 2.19. The third-order valence-corrected chi connectivity index (χ3v) is 3.89. The van der Waals surface area contributed by atoms with Crippen molar-refractivity contribution in [3.63, 3.8) is 0 Å². The maximum Gasteiger partial charge on any atom is 0.305 e. The Morgan fingerprint density at radius 1 is 1.26 bits per heavy atom. The number of benzene rings is 1. The van der Waals surface area contributed by atoms with E-state index in [-0.39, 0.29) is 10.6 Å². The summed E-state index contributed by atoms with van der Waals surface area (Å²) in [5.74, 6) is 0.936. The molecule has 0 spiro atoms. The second-order valence-electron chi connectivity index (χ2n) is 4.39. The van der Waals surface area contributed by atoms with Gasteiger partial charge in [-0.05, 0) is 30.7 Å². The number of nitro groups is 1. The normalized spacial score (nSPS) is 10.4. The maximum absolute atomic E-state index is 11.2. The fraction of sp³-hybridized carbons (Fsp3) is 0.571. The predicted molar refractivity (Wildman–Crippen MR) is 82.1 cm³/mol. The number of nitrogens with zero attached hydrogens (tertiary/aromatic N) is 1. The zero-order chi connectivity index (χ0) is 14.1. The van der Waals surface area contributed by atoms with Gasteiger partial charge in [0, 0.05) is 6.54 Å². The van der Waals surface area contributed by atoms with Crippen LogP contribution in [0.3, 0.4) is 0 Å². The highest BCUT2D eigenvalue weighted by atomic mass is 32.2. The lowest BCUT2D eigenvalue weighted by molar-refractivity contribution is -0.386. The van der Waals surface area contributed by atoms with E-state index in [1.807, 2.05) is 19.1 Å². The van der Waals surface area contributed by atoms with Crippen molar-refractivity contribution in [2.75, 3.05) is 17.6 Å². The summed E-state index contributed by atoms with van der Waals surface area (Å²) >= 11 is 1.58. The number of hydrogen-bond donors (Lipinski definition) is 1. The van der Waals surface area contributed by atoms with Crippen LogP contribution in [0.15, 0.2) is 23.1 Å². The molecule has 4 nitrogen and oxygen atoms in total. The molecule has 0 atom stereocenters. The van der Waals surface area contributed by atoms with E-state index in [1.54, 1.807) is 17.8 Å². The van der Waals surface area contributed by atoms with E-state index in [0.29, 0.717) is 5.69 Å². The average Bonchev–Trinajstić information content (AvgIpc) is 2.41. The average molecular weight is 282 g/mol. The summed E-state index contributed by atoms with van der Waals surface area (Å²) in [5, 5.41) is 14.4. The smallest absolute Gasteiger partial charge is 0.305 e. The first-order valence-electron chi connectivity index (χ1n) is 6.84. The summed E-state index contributed by atoms with van der Waals surface area (Å²) in [6, 6.07) is 5.50. The van der Waals surface area contributed by atoms with E-state index in [2.05, 4.69) is 12.2 Å². The van der Waals surface area contributed by atoms with Crippen molar-refractivity contribution in [3.8, 4) is 0 Å². The molecule has 0 aliphatic rings. The van der Waals surface area contributed by atoms with Crippen LogP contribution in [0.4, 0.5) is 11.4 Å². The van der Waals surface area contributed by atoms with Crippen molar-refractivity contribution in [2.45, 2.75) is 44.4 Å². The Hall–Kier alpha value is -1.23. The second-order valence-corrected chi connectivity index (χ2v) is 5.53. The molecule has 0 aliphatic heterocycles. The van der Waals surface area contributed by atoms with Gasteiger partial charge in [-0.25, -0.2) is 0 Å². The van der Waals surface area contributed by atoms with Crippen LogP contribution in [-0.4, -0.2) is 17.2 Å². The van der Waals surface area contributed by atoms with E-state index < -0.39 is 0 Å².